The molecular formula is C8H14F3N. The van der Waals surface area contributed by atoms with E-state index < -0.39 is 12.7 Å². The van der Waals surface area contributed by atoms with Gasteiger partial charge in [-0.15, -0.1) is 0 Å². The molecule has 0 spiro atoms. The Morgan fingerprint density at radius 1 is 1.25 bits per heavy atom. The highest BCUT2D eigenvalue weighted by Crippen LogP contribution is 2.28. The van der Waals surface area contributed by atoms with Crippen LogP contribution in [-0.4, -0.2) is 19.3 Å². The van der Waals surface area contributed by atoms with Gasteiger partial charge in [-0.05, 0) is 18.9 Å². The zero-order valence-corrected chi connectivity index (χ0v) is 6.95. The van der Waals surface area contributed by atoms with Crippen LogP contribution in [0.4, 0.5) is 13.2 Å². The lowest BCUT2D eigenvalue weighted by atomic mass is 9.83. The van der Waals surface area contributed by atoms with Crippen LogP contribution >= 0.6 is 0 Å². The molecule has 12 heavy (non-hydrogen) atoms. The molecule has 0 bridgehead atoms. The van der Waals surface area contributed by atoms with Gasteiger partial charge in [0.25, 0.3) is 0 Å². The Morgan fingerprint density at radius 3 is 2.33 bits per heavy atom. The Labute approximate surface area is 70.3 Å². The predicted molar refractivity (Wildman–Crippen MR) is 40.9 cm³/mol. The molecule has 4 heteroatoms. The molecule has 1 N–H and O–H groups in total. The van der Waals surface area contributed by atoms with E-state index in [-0.39, 0.29) is 0 Å². The van der Waals surface area contributed by atoms with E-state index in [0.29, 0.717) is 12.5 Å². The molecule has 0 aromatic heterocycles. The normalized spacial score (nSPS) is 19.2. The minimum absolute atomic E-state index is 0.504. The Balaban J connectivity index is 1.88. The second-order valence-corrected chi connectivity index (χ2v) is 3.38. The van der Waals surface area contributed by atoms with Crippen LogP contribution in [0.25, 0.3) is 0 Å². The first-order valence-corrected chi connectivity index (χ1v) is 4.35. The molecule has 0 amide bonds. The molecular weight excluding hydrogens is 167 g/mol. The van der Waals surface area contributed by atoms with Crippen LogP contribution in [0.1, 0.15) is 25.7 Å². The van der Waals surface area contributed by atoms with Crippen molar-refractivity contribution in [1.82, 2.24) is 5.32 Å². The maximum absolute atomic E-state index is 11.6. The van der Waals surface area contributed by atoms with E-state index in [0.717, 1.165) is 6.42 Å². The summed E-state index contributed by atoms with van der Waals surface area (Å²) in [7, 11) is 0. The van der Waals surface area contributed by atoms with Crippen LogP contribution < -0.4 is 5.32 Å². The lowest BCUT2D eigenvalue weighted by Gasteiger charge is -2.25. The van der Waals surface area contributed by atoms with Crippen molar-refractivity contribution in [3.63, 3.8) is 0 Å². The fourth-order valence-corrected chi connectivity index (χ4v) is 1.32. The van der Waals surface area contributed by atoms with Gasteiger partial charge in [0.1, 0.15) is 0 Å². The maximum atomic E-state index is 11.6. The van der Waals surface area contributed by atoms with Crippen LogP contribution in [0.5, 0.6) is 0 Å². The first-order valence-electron chi connectivity index (χ1n) is 4.35. The monoisotopic (exact) mass is 181 g/mol. The van der Waals surface area contributed by atoms with Crippen molar-refractivity contribution in [2.75, 3.05) is 13.1 Å². The number of halogens is 3. The summed E-state index contributed by atoms with van der Waals surface area (Å²) in [5.41, 5.74) is 0. The molecule has 1 nitrogen and oxygen atoms in total. The van der Waals surface area contributed by atoms with Crippen LogP contribution in [0.2, 0.25) is 0 Å². The summed E-state index contributed by atoms with van der Waals surface area (Å²) >= 11 is 0. The summed E-state index contributed by atoms with van der Waals surface area (Å²) in [6.45, 7) is -0.343. The van der Waals surface area contributed by atoms with Crippen molar-refractivity contribution in [3.05, 3.63) is 0 Å². The molecule has 72 valence electrons. The second kappa shape index (κ2) is 4.12. The summed E-state index contributed by atoms with van der Waals surface area (Å²) in [4.78, 5) is 0. The highest BCUT2D eigenvalue weighted by atomic mass is 19.4. The lowest BCUT2D eigenvalue weighted by Crippen LogP contribution is -2.31. The molecule has 0 atom stereocenters. The van der Waals surface area contributed by atoms with Crippen molar-refractivity contribution >= 4 is 0 Å². The Morgan fingerprint density at radius 2 is 1.92 bits per heavy atom. The second-order valence-electron chi connectivity index (χ2n) is 3.38. The minimum atomic E-state index is -4.06. The topological polar surface area (TPSA) is 12.0 Å². The van der Waals surface area contributed by atoms with Crippen molar-refractivity contribution < 1.29 is 13.2 Å². The summed E-state index contributed by atoms with van der Waals surface area (Å²) in [5.74, 6) is 0.686. The average Bonchev–Trinajstić information content (AvgIpc) is 1.80. The molecule has 0 aromatic rings. The smallest absolute Gasteiger partial charge is 0.309 e. The summed E-state index contributed by atoms with van der Waals surface area (Å²) in [6, 6.07) is 0. The highest BCUT2D eigenvalue weighted by molar-refractivity contribution is 4.70. The SMILES string of the molecule is FC(F)(F)CNCCC1CCC1. The minimum Gasteiger partial charge on any atom is -0.309 e. The van der Waals surface area contributed by atoms with E-state index in [1.54, 1.807) is 0 Å². The van der Waals surface area contributed by atoms with Crippen LogP contribution in [-0.2, 0) is 0 Å². The molecule has 0 aromatic carbocycles. The lowest BCUT2D eigenvalue weighted by molar-refractivity contribution is -0.124. The van der Waals surface area contributed by atoms with Gasteiger partial charge in [0, 0.05) is 0 Å². The largest absolute Gasteiger partial charge is 0.401 e. The zero-order valence-electron chi connectivity index (χ0n) is 6.95. The third-order valence-electron chi connectivity index (χ3n) is 2.28. The van der Waals surface area contributed by atoms with Gasteiger partial charge in [0.2, 0.25) is 0 Å². The van der Waals surface area contributed by atoms with E-state index in [2.05, 4.69) is 5.32 Å². The number of alkyl halides is 3. The van der Waals surface area contributed by atoms with Gasteiger partial charge in [-0.3, -0.25) is 0 Å². The fourth-order valence-electron chi connectivity index (χ4n) is 1.32. The van der Waals surface area contributed by atoms with E-state index in [4.69, 9.17) is 0 Å². The first kappa shape index (κ1) is 9.84. The molecule has 1 saturated carbocycles. The first-order chi connectivity index (χ1) is 5.58. The Bertz CT molecular complexity index is 129. The van der Waals surface area contributed by atoms with Gasteiger partial charge in [0.05, 0.1) is 6.54 Å². The van der Waals surface area contributed by atoms with Gasteiger partial charge < -0.3 is 5.32 Å². The van der Waals surface area contributed by atoms with E-state index in [9.17, 15) is 13.2 Å². The van der Waals surface area contributed by atoms with Crippen molar-refractivity contribution in [1.29, 1.82) is 0 Å². The summed E-state index contributed by atoms with van der Waals surface area (Å²) in [6.07, 6.45) is 0.501. The zero-order chi connectivity index (χ0) is 9.03. The van der Waals surface area contributed by atoms with Gasteiger partial charge in [0.15, 0.2) is 0 Å². The van der Waals surface area contributed by atoms with Gasteiger partial charge in [-0.2, -0.15) is 13.2 Å². The number of nitrogens with one attached hydrogen (secondary N) is 1. The molecule has 0 aliphatic heterocycles. The van der Waals surface area contributed by atoms with Crippen molar-refractivity contribution in [2.24, 2.45) is 5.92 Å². The Hall–Kier alpha value is -0.250. The fraction of sp³-hybridized carbons (Fsp3) is 1.00. The third-order valence-corrected chi connectivity index (χ3v) is 2.28. The van der Waals surface area contributed by atoms with Gasteiger partial charge >= 0.3 is 6.18 Å². The van der Waals surface area contributed by atoms with Gasteiger partial charge in [-0.1, -0.05) is 19.3 Å². The van der Waals surface area contributed by atoms with E-state index >= 15 is 0 Å². The van der Waals surface area contributed by atoms with Crippen molar-refractivity contribution in [3.8, 4) is 0 Å². The standard InChI is InChI=1S/C8H14F3N/c9-8(10,11)6-12-5-4-7-2-1-3-7/h7,12H,1-6H2. The van der Waals surface area contributed by atoms with E-state index in [1.165, 1.54) is 19.3 Å². The van der Waals surface area contributed by atoms with Crippen LogP contribution in [0.15, 0.2) is 0 Å². The predicted octanol–water partition coefficient (Wildman–Crippen LogP) is 2.33. The third kappa shape index (κ3) is 3.95. The molecule has 1 fully saturated rings. The maximum Gasteiger partial charge on any atom is 0.401 e. The quantitative estimate of drug-likeness (QED) is 0.656. The van der Waals surface area contributed by atoms with E-state index in [1.807, 2.05) is 0 Å². The molecule has 1 aliphatic carbocycles. The van der Waals surface area contributed by atoms with Crippen LogP contribution in [0.3, 0.4) is 0 Å². The van der Waals surface area contributed by atoms with Crippen LogP contribution in [0, 0.1) is 5.92 Å². The summed E-state index contributed by atoms with van der Waals surface area (Å²) in [5, 5.41) is 2.40. The summed E-state index contributed by atoms with van der Waals surface area (Å²) < 4.78 is 34.8. The molecule has 0 radical (unpaired) electrons. The Kier molecular flexibility index (Phi) is 3.38. The average molecular weight is 181 g/mol. The molecule has 1 rings (SSSR count). The molecule has 1 aliphatic rings. The van der Waals surface area contributed by atoms with Gasteiger partial charge in [-0.25, -0.2) is 0 Å². The number of hydrogen-bond donors (Lipinski definition) is 1. The molecule has 0 heterocycles. The molecule has 0 saturated heterocycles. The highest BCUT2D eigenvalue weighted by Gasteiger charge is 2.26. The molecule has 0 unspecified atom stereocenters. The number of hydrogen-bond acceptors (Lipinski definition) is 1. The number of rotatable bonds is 4. The van der Waals surface area contributed by atoms with Crippen molar-refractivity contribution in [2.45, 2.75) is 31.9 Å².